The lowest BCUT2D eigenvalue weighted by atomic mass is 9.78. The summed E-state index contributed by atoms with van der Waals surface area (Å²) in [4.78, 5) is 0. The SMILES string of the molecule is BrCC(CBr)(COCc1ccccc1)C1CCCC1. The van der Waals surface area contributed by atoms with Crippen LogP contribution in [0, 0.1) is 11.3 Å². The van der Waals surface area contributed by atoms with Crippen molar-refractivity contribution in [1.29, 1.82) is 0 Å². The number of rotatable bonds is 7. The Bertz CT molecular complexity index is 356. The van der Waals surface area contributed by atoms with Gasteiger partial charge in [-0.15, -0.1) is 0 Å². The van der Waals surface area contributed by atoms with Gasteiger partial charge in [-0.3, -0.25) is 0 Å². The van der Waals surface area contributed by atoms with Crippen LogP contribution in [-0.2, 0) is 11.3 Å². The van der Waals surface area contributed by atoms with Crippen molar-refractivity contribution in [1.82, 2.24) is 0 Å². The molecule has 0 atom stereocenters. The third-order valence-electron chi connectivity index (χ3n) is 4.25. The quantitative estimate of drug-likeness (QED) is 0.584. The van der Waals surface area contributed by atoms with Gasteiger partial charge in [0.15, 0.2) is 0 Å². The van der Waals surface area contributed by atoms with E-state index in [9.17, 15) is 0 Å². The monoisotopic (exact) mass is 388 g/mol. The highest BCUT2D eigenvalue weighted by molar-refractivity contribution is 9.09. The molecular formula is C16H22Br2O. The topological polar surface area (TPSA) is 9.23 Å². The molecule has 1 aliphatic carbocycles. The second-order valence-corrected chi connectivity index (χ2v) is 6.71. The van der Waals surface area contributed by atoms with Crippen molar-refractivity contribution in [3.63, 3.8) is 0 Å². The first-order valence-electron chi connectivity index (χ1n) is 7.04. The van der Waals surface area contributed by atoms with Crippen molar-refractivity contribution in [2.24, 2.45) is 11.3 Å². The maximum absolute atomic E-state index is 6.02. The molecule has 0 N–H and O–H groups in total. The summed E-state index contributed by atoms with van der Waals surface area (Å²) in [5.41, 5.74) is 1.51. The number of alkyl halides is 2. The van der Waals surface area contributed by atoms with E-state index in [2.05, 4.69) is 56.1 Å². The molecule has 106 valence electrons. The maximum atomic E-state index is 6.02. The van der Waals surface area contributed by atoms with Gasteiger partial charge in [0.05, 0.1) is 13.2 Å². The van der Waals surface area contributed by atoms with Crippen LogP contribution in [0.25, 0.3) is 0 Å². The van der Waals surface area contributed by atoms with E-state index < -0.39 is 0 Å². The summed E-state index contributed by atoms with van der Waals surface area (Å²) in [6, 6.07) is 10.4. The van der Waals surface area contributed by atoms with Gasteiger partial charge in [0.1, 0.15) is 0 Å². The molecule has 19 heavy (non-hydrogen) atoms. The van der Waals surface area contributed by atoms with E-state index in [4.69, 9.17) is 4.74 Å². The summed E-state index contributed by atoms with van der Waals surface area (Å²) >= 11 is 7.44. The molecule has 0 bridgehead atoms. The Balaban J connectivity index is 1.89. The van der Waals surface area contributed by atoms with Gasteiger partial charge in [0.25, 0.3) is 0 Å². The molecule has 0 heterocycles. The average Bonchev–Trinajstić information content (AvgIpc) is 3.00. The van der Waals surface area contributed by atoms with E-state index >= 15 is 0 Å². The first-order chi connectivity index (χ1) is 9.30. The van der Waals surface area contributed by atoms with Crippen molar-refractivity contribution in [2.45, 2.75) is 32.3 Å². The van der Waals surface area contributed by atoms with Crippen molar-refractivity contribution in [3.05, 3.63) is 35.9 Å². The van der Waals surface area contributed by atoms with E-state index in [1.807, 2.05) is 6.07 Å². The normalized spacial score (nSPS) is 16.9. The van der Waals surface area contributed by atoms with Gasteiger partial charge in [-0.05, 0) is 24.3 Å². The van der Waals surface area contributed by atoms with Gasteiger partial charge in [0.2, 0.25) is 0 Å². The minimum absolute atomic E-state index is 0.255. The zero-order valence-electron chi connectivity index (χ0n) is 11.3. The van der Waals surface area contributed by atoms with Crippen molar-refractivity contribution in [2.75, 3.05) is 17.3 Å². The Morgan fingerprint density at radius 1 is 1.05 bits per heavy atom. The second-order valence-electron chi connectivity index (χ2n) is 5.59. The summed E-state index contributed by atoms with van der Waals surface area (Å²) in [6.07, 6.45) is 5.47. The van der Waals surface area contributed by atoms with Crippen LogP contribution < -0.4 is 0 Å². The molecule has 0 amide bonds. The molecule has 1 saturated carbocycles. The minimum atomic E-state index is 0.255. The molecule has 0 spiro atoms. The van der Waals surface area contributed by atoms with E-state index in [-0.39, 0.29) is 5.41 Å². The summed E-state index contributed by atoms with van der Waals surface area (Å²) in [5, 5.41) is 2.04. The van der Waals surface area contributed by atoms with Crippen LogP contribution in [0.15, 0.2) is 30.3 Å². The van der Waals surface area contributed by atoms with Gasteiger partial charge in [-0.2, -0.15) is 0 Å². The maximum Gasteiger partial charge on any atom is 0.0717 e. The second kappa shape index (κ2) is 7.80. The highest BCUT2D eigenvalue weighted by Crippen LogP contribution is 2.42. The zero-order chi connectivity index (χ0) is 13.6. The molecule has 0 saturated heterocycles. The zero-order valence-corrected chi connectivity index (χ0v) is 14.5. The fraction of sp³-hybridized carbons (Fsp3) is 0.625. The lowest BCUT2D eigenvalue weighted by Crippen LogP contribution is -2.37. The average molecular weight is 390 g/mol. The van der Waals surface area contributed by atoms with Crippen LogP contribution in [-0.4, -0.2) is 17.3 Å². The molecule has 1 nitrogen and oxygen atoms in total. The first-order valence-corrected chi connectivity index (χ1v) is 9.28. The molecule has 1 aliphatic rings. The van der Waals surface area contributed by atoms with Gasteiger partial charge in [0, 0.05) is 16.1 Å². The molecule has 2 rings (SSSR count). The molecule has 0 aromatic heterocycles. The Labute approximate surface area is 133 Å². The van der Waals surface area contributed by atoms with Gasteiger partial charge < -0.3 is 4.74 Å². The minimum Gasteiger partial charge on any atom is -0.376 e. The van der Waals surface area contributed by atoms with Crippen molar-refractivity contribution in [3.8, 4) is 0 Å². The van der Waals surface area contributed by atoms with E-state index in [1.54, 1.807) is 0 Å². The van der Waals surface area contributed by atoms with Crippen LogP contribution in [0.1, 0.15) is 31.2 Å². The highest BCUT2D eigenvalue weighted by atomic mass is 79.9. The van der Waals surface area contributed by atoms with Crippen molar-refractivity contribution < 1.29 is 4.74 Å². The summed E-state index contributed by atoms with van der Waals surface area (Å²) in [5.74, 6) is 0.794. The van der Waals surface area contributed by atoms with Crippen LogP contribution in [0.2, 0.25) is 0 Å². The molecule has 1 aromatic carbocycles. The Morgan fingerprint density at radius 3 is 2.26 bits per heavy atom. The van der Waals surface area contributed by atoms with Gasteiger partial charge in [-0.1, -0.05) is 75.0 Å². The number of benzene rings is 1. The Hall–Kier alpha value is 0.140. The summed E-state index contributed by atoms with van der Waals surface area (Å²) < 4.78 is 6.02. The molecule has 1 fully saturated rings. The van der Waals surface area contributed by atoms with E-state index in [0.29, 0.717) is 0 Å². The molecule has 0 unspecified atom stereocenters. The van der Waals surface area contributed by atoms with Crippen LogP contribution in [0.4, 0.5) is 0 Å². The third-order valence-corrected chi connectivity index (χ3v) is 6.49. The highest BCUT2D eigenvalue weighted by Gasteiger charge is 2.38. The van der Waals surface area contributed by atoms with E-state index in [1.165, 1.54) is 31.2 Å². The smallest absolute Gasteiger partial charge is 0.0717 e. The molecule has 0 radical (unpaired) electrons. The fourth-order valence-corrected chi connectivity index (χ4v) is 5.10. The van der Waals surface area contributed by atoms with Gasteiger partial charge in [-0.25, -0.2) is 0 Å². The molecule has 3 heteroatoms. The standard InChI is InChI=1S/C16H22Br2O/c17-11-16(12-18,15-8-4-5-9-15)13-19-10-14-6-2-1-3-7-14/h1-3,6-7,15H,4-5,8-13H2. The third kappa shape index (κ3) is 4.05. The molecular weight excluding hydrogens is 368 g/mol. The first kappa shape index (κ1) is 15.5. The summed E-state index contributed by atoms with van der Waals surface area (Å²) in [6.45, 7) is 1.55. The number of hydrogen-bond donors (Lipinski definition) is 0. The number of halogens is 2. The Kier molecular flexibility index (Phi) is 6.37. The molecule has 0 aliphatic heterocycles. The van der Waals surface area contributed by atoms with Crippen LogP contribution in [0.3, 0.4) is 0 Å². The predicted molar refractivity (Wildman–Crippen MR) is 88.1 cm³/mol. The Morgan fingerprint density at radius 2 is 1.68 bits per heavy atom. The van der Waals surface area contributed by atoms with Crippen molar-refractivity contribution >= 4 is 31.9 Å². The number of ether oxygens (including phenoxy) is 1. The largest absolute Gasteiger partial charge is 0.376 e. The number of hydrogen-bond acceptors (Lipinski definition) is 1. The fourth-order valence-electron chi connectivity index (χ4n) is 2.93. The van der Waals surface area contributed by atoms with Crippen LogP contribution >= 0.6 is 31.9 Å². The molecule has 1 aromatic rings. The lowest BCUT2D eigenvalue weighted by molar-refractivity contribution is 0.0277. The summed E-state index contributed by atoms with van der Waals surface area (Å²) in [7, 11) is 0. The lowest BCUT2D eigenvalue weighted by Gasteiger charge is -2.36. The van der Waals surface area contributed by atoms with E-state index in [0.717, 1.165) is 29.8 Å². The van der Waals surface area contributed by atoms with Gasteiger partial charge >= 0.3 is 0 Å². The predicted octanol–water partition coefficient (Wildman–Crippen LogP) is 5.17. The van der Waals surface area contributed by atoms with Crippen LogP contribution in [0.5, 0.6) is 0 Å².